The van der Waals surface area contributed by atoms with E-state index in [4.69, 9.17) is 0 Å². The Hall–Kier alpha value is -1.44. The van der Waals surface area contributed by atoms with E-state index in [2.05, 4.69) is 18.2 Å². The van der Waals surface area contributed by atoms with Crippen LogP contribution in [0.2, 0.25) is 0 Å². The van der Waals surface area contributed by atoms with Crippen molar-refractivity contribution in [1.82, 2.24) is 0 Å². The van der Waals surface area contributed by atoms with E-state index in [1.54, 1.807) is 0 Å². The van der Waals surface area contributed by atoms with Gasteiger partial charge >= 0.3 is 12.1 Å². The van der Waals surface area contributed by atoms with Crippen molar-refractivity contribution < 1.29 is 23.1 Å². The fourth-order valence-electron chi connectivity index (χ4n) is 4.33. The number of benzene rings is 2. The summed E-state index contributed by atoms with van der Waals surface area (Å²) in [7, 11) is 0.0575. The lowest BCUT2D eigenvalue weighted by Crippen LogP contribution is -2.17. The normalized spacial score (nSPS) is 18.7. The zero-order chi connectivity index (χ0) is 21.5. The van der Waals surface area contributed by atoms with Gasteiger partial charge < -0.3 is 5.11 Å². The quantitative estimate of drug-likeness (QED) is 0.534. The lowest BCUT2D eigenvalue weighted by Gasteiger charge is -2.24. The molecule has 3 unspecified atom stereocenters. The molecule has 4 rings (SSSR count). The molecule has 1 saturated carbocycles. The molecule has 1 N–H and O–H groups in total. The number of rotatable bonds is 6. The van der Waals surface area contributed by atoms with Gasteiger partial charge in [-0.25, -0.2) is 0 Å². The molecule has 2 aromatic carbocycles. The highest BCUT2D eigenvalue weighted by Gasteiger charge is 2.35. The summed E-state index contributed by atoms with van der Waals surface area (Å²) < 4.78 is 38.8. The Balaban J connectivity index is 1.86. The van der Waals surface area contributed by atoms with Crippen molar-refractivity contribution in [2.24, 2.45) is 0 Å². The van der Waals surface area contributed by atoms with Crippen molar-refractivity contribution in [2.75, 3.05) is 12.3 Å². The maximum atomic E-state index is 12.9. The zero-order valence-corrected chi connectivity index (χ0v) is 18.8. The van der Waals surface area contributed by atoms with E-state index in [1.165, 1.54) is 17.0 Å². The van der Waals surface area contributed by atoms with Gasteiger partial charge in [0.15, 0.2) is 0 Å². The van der Waals surface area contributed by atoms with Crippen LogP contribution in [-0.2, 0) is 11.2 Å². The molecule has 0 spiro atoms. The van der Waals surface area contributed by atoms with Crippen LogP contribution in [-0.4, -0.2) is 29.6 Å². The van der Waals surface area contributed by atoms with E-state index in [9.17, 15) is 23.1 Å². The SMILES string of the molecule is Cc1ccc(C2CC2)c(-c2ccc3c(c2)CCCP3)c1C(PCC(F)(F)F)C(=O)O. The van der Waals surface area contributed by atoms with Crippen LogP contribution in [0.25, 0.3) is 11.1 Å². The first-order chi connectivity index (χ1) is 14.2. The number of carbonyl (C=O) groups is 1. The predicted octanol–water partition coefficient (Wildman–Crippen LogP) is 6.16. The molecule has 0 amide bonds. The first kappa shape index (κ1) is 21.8. The second-order valence-corrected chi connectivity index (χ2v) is 10.9. The maximum absolute atomic E-state index is 12.9. The number of carboxylic acid groups (broad SMARTS) is 1. The molecule has 0 saturated heterocycles. The van der Waals surface area contributed by atoms with Gasteiger partial charge in [0.2, 0.25) is 0 Å². The molecule has 1 aliphatic carbocycles. The predicted molar refractivity (Wildman–Crippen MR) is 119 cm³/mol. The van der Waals surface area contributed by atoms with Crippen LogP contribution < -0.4 is 5.30 Å². The summed E-state index contributed by atoms with van der Waals surface area (Å²) >= 11 is 0. The minimum Gasteiger partial charge on any atom is -0.481 e. The first-order valence-corrected chi connectivity index (χ1v) is 12.8. The zero-order valence-electron chi connectivity index (χ0n) is 16.8. The van der Waals surface area contributed by atoms with E-state index >= 15 is 0 Å². The van der Waals surface area contributed by atoms with E-state index in [-0.39, 0.29) is 0 Å². The molecule has 1 fully saturated rings. The summed E-state index contributed by atoms with van der Waals surface area (Å²) in [6.45, 7) is 1.82. The number of aliphatic carboxylic acids is 1. The first-order valence-electron chi connectivity index (χ1n) is 10.3. The lowest BCUT2D eigenvalue weighted by atomic mass is 9.86. The minimum absolute atomic E-state index is 0.373. The average molecular weight is 452 g/mol. The molecular formula is C23H25F3O2P2. The molecule has 2 nitrogen and oxygen atoms in total. The van der Waals surface area contributed by atoms with Gasteiger partial charge in [-0.15, -0.1) is 0 Å². The molecule has 30 heavy (non-hydrogen) atoms. The fourth-order valence-corrected chi connectivity index (χ4v) is 6.76. The molecule has 3 atom stereocenters. The lowest BCUT2D eigenvalue weighted by molar-refractivity contribution is -0.136. The third-order valence-electron chi connectivity index (χ3n) is 5.89. The van der Waals surface area contributed by atoms with Crippen LogP contribution in [0.15, 0.2) is 30.3 Å². The topological polar surface area (TPSA) is 37.3 Å². The van der Waals surface area contributed by atoms with Gasteiger partial charge in [0.05, 0.1) is 11.8 Å². The van der Waals surface area contributed by atoms with Crippen molar-refractivity contribution in [2.45, 2.75) is 50.4 Å². The van der Waals surface area contributed by atoms with Crippen LogP contribution in [0.3, 0.4) is 0 Å². The molecule has 2 aliphatic rings. The summed E-state index contributed by atoms with van der Waals surface area (Å²) in [6, 6.07) is 10.3. The summed E-state index contributed by atoms with van der Waals surface area (Å²) in [5.74, 6) is -0.799. The summed E-state index contributed by atoms with van der Waals surface area (Å²) in [6.07, 6.45) is 0.0245. The molecule has 7 heteroatoms. The summed E-state index contributed by atoms with van der Waals surface area (Å²) in [4.78, 5) is 12.1. The third kappa shape index (κ3) is 4.73. The van der Waals surface area contributed by atoms with Crippen LogP contribution in [0.4, 0.5) is 13.2 Å². The number of halogens is 3. The van der Waals surface area contributed by atoms with E-state index in [1.807, 2.05) is 19.1 Å². The highest BCUT2D eigenvalue weighted by Crippen LogP contribution is 2.51. The molecule has 160 valence electrons. The van der Waals surface area contributed by atoms with Crippen LogP contribution in [0, 0.1) is 6.92 Å². The standard InChI is InChI=1S/C23H25F3O2P2/c1-13-4-8-17(14-5-6-14)20(16-7-9-18-15(11-16)3-2-10-29-18)19(13)21(22(27)28)30-12-23(24,25)26/h4,7-9,11,14,21,29-30H,2-3,5-6,10,12H2,1H3,(H,27,28). The fraction of sp³-hybridized carbons (Fsp3) is 0.435. The Morgan fingerprint density at radius 3 is 2.70 bits per heavy atom. The van der Waals surface area contributed by atoms with E-state index in [0.717, 1.165) is 56.5 Å². The van der Waals surface area contributed by atoms with Gasteiger partial charge in [-0.2, -0.15) is 13.2 Å². The Morgan fingerprint density at radius 1 is 1.27 bits per heavy atom. The van der Waals surface area contributed by atoms with Crippen LogP contribution in [0.5, 0.6) is 0 Å². The minimum atomic E-state index is -4.36. The van der Waals surface area contributed by atoms with Gasteiger partial charge in [-0.05, 0) is 83.4 Å². The highest BCUT2D eigenvalue weighted by molar-refractivity contribution is 7.47. The van der Waals surface area contributed by atoms with Gasteiger partial charge in [-0.3, -0.25) is 4.79 Å². The summed E-state index contributed by atoms with van der Waals surface area (Å²) in [5, 5.41) is 11.3. The number of carboxylic acids is 1. The number of aryl methyl sites for hydroxylation is 2. The Kier molecular flexibility index (Phi) is 6.24. The van der Waals surface area contributed by atoms with Gasteiger partial charge in [0.1, 0.15) is 0 Å². The largest absolute Gasteiger partial charge is 0.481 e. The van der Waals surface area contributed by atoms with Crippen LogP contribution in [0.1, 0.15) is 53.1 Å². The second kappa shape index (κ2) is 8.60. The monoisotopic (exact) mass is 452 g/mol. The van der Waals surface area contributed by atoms with Crippen molar-refractivity contribution in [1.29, 1.82) is 0 Å². The third-order valence-corrected chi connectivity index (χ3v) is 8.91. The van der Waals surface area contributed by atoms with E-state index < -0.39 is 32.5 Å². The van der Waals surface area contributed by atoms with Gasteiger partial charge in [0, 0.05) is 0 Å². The highest BCUT2D eigenvalue weighted by atomic mass is 31.1. The molecule has 0 aromatic heterocycles. The number of hydrogen-bond donors (Lipinski definition) is 1. The Bertz CT molecular complexity index is 968. The smallest absolute Gasteiger partial charge is 0.392 e. The van der Waals surface area contributed by atoms with Crippen molar-refractivity contribution >= 4 is 28.4 Å². The molecule has 0 radical (unpaired) electrons. The van der Waals surface area contributed by atoms with Gasteiger partial charge in [0.25, 0.3) is 0 Å². The number of hydrogen-bond acceptors (Lipinski definition) is 1. The van der Waals surface area contributed by atoms with Crippen LogP contribution >= 0.6 is 17.2 Å². The number of alkyl halides is 3. The Labute approximate surface area is 178 Å². The second-order valence-electron chi connectivity index (χ2n) is 8.20. The van der Waals surface area contributed by atoms with Crippen molar-refractivity contribution in [3.8, 4) is 11.1 Å². The molecule has 0 bridgehead atoms. The molecular weight excluding hydrogens is 427 g/mol. The maximum Gasteiger partial charge on any atom is 0.392 e. The Morgan fingerprint density at radius 2 is 2.03 bits per heavy atom. The summed E-state index contributed by atoms with van der Waals surface area (Å²) in [5.41, 5.74) is 4.43. The van der Waals surface area contributed by atoms with Gasteiger partial charge in [-0.1, -0.05) is 47.5 Å². The van der Waals surface area contributed by atoms with E-state index in [0.29, 0.717) is 11.5 Å². The average Bonchev–Trinajstić information content (AvgIpc) is 3.52. The molecule has 1 heterocycles. The molecule has 2 aromatic rings. The van der Waals surface area contributed by atoms with Crippen molar-refractivity contribution in [3.63, 3.8) is 0 Å². The number of fused-ring (bicyclic) bond motifs is 1. The molecule has 1 aliphatic heterocycles. The van der Waals surface area contributed by atoms with Crippen molar-refractivity contribution in [3.05, 3.63) is 52.6 Å².